The Morgan fingerprint density at radius 3 is 2.88 bits per heavy atom. The zero-order valence-corrected chi connectivity index (χ0v) is 14.5. The number of nitrogens with zero attached hydrogens (tertiary/aromatic N) is 1. The van der Waals surface area contributed by atoms with Crippen molar-refractivity contribution in [3.63, 3.8) is 0 Å². The lowest BCUT2D eigenvalue weighted by Crippen LogP contribution is -2.24. The highest BCUT2D eigenvalue weighted by molar-refractivity contribution is 6.32. The Morgan fingerprint density at radius 2 is 2.04 bits per heavy atom. The van der Waals surface area contributed by atoms with Gasteiger partial charge in [-0.25, -0.2) is 0 Å². The molecule has 0 radical (unpaired) electrons. The van der Waals surface area contributed by atoms with Crippen molar-refractivity contribution in [2.45, 2.75) is 19.1 Å². The minimum atomic E-state index is -0.138. The Morgan fingerprint density at radius 1 is 1.20 bits per heavy atom. The van der Waals surface area contributed by atoms with E-state index in [1.165, 1.54) is 5.56 Å². The summed E-state index contributed by atoms with van der Waals surface area (Å²) in [6, 6.07) is 15.8. The number of pyridine rings is 1. The lowest BCUT2D eigenvalue weighted by atomic mass is 10.1. The molecule has 0 bridgehead atoms. The topological polar surface area (TPSA) is 45.3 Å². The lowest BCUT2D eigenvalue weighted by Gasteiger charge is -2.18. The highest BCUT2D eigenvalue weighted by atomic mass is 35.5. The van der Waals surface area contributed by atoms with E-state index in [-0.39, 0.29) is 11.7 Å². The molecule has 1 atom stereocenters. The molecule has 1 unspecified atom stereocenters. The first kappa shape index (κ1) is 16.2. The van der Waals surface area contributed by atoms with E-state index in [1.807, 2.05) is 18.2 Å². The van der Waals surface area contributed by atoms with E-state index in [2.05, 4.69) is 34.1 Å². The first-order valence-electron chi connectivity index (χ1n) is 8.43. The van der Waals surface area contributed by atoms with E-state index in [0.717, 1.165) is 31.4 Å². The van der Waals surface area contributed by atoms with Gasteiger partial charge in [-0.05, 0) is 35.6 Å². The molecule has 0 amide bonds. The number of rotatable bonds is 4. The average Bonchev–Trinajstić information content (AvgIpc) is 3.04. The summed E-state index contributed by atoms with van der Waals surface area (Å²) in [6.07, 6.45) is 2.72. The molecule has 128 valence electrons. The van der Waals surface area contributed by atoms with Gasteiger partial charge in [0.1, 0.15) is 11.9 Å². The highest BCUT2D eigenvalue weighted by Crippen LogP contribution is 2.31. The van der Waals surface area contributed by atoms with Gasteiger partial charge in [-0.2, -0.15) is 0 Å². The Labute approximate surface area is 151 Å². The third-order valence-electron chi connectivity index (χ3n) is 4.60. The van der Waals surface area contributed by atoms with E-state index < -0.39 is 0 Å². The van der Waals surface area contributed by atoms with Crippen LogP contribution in [0.15, 0.2) is 59.5 Å². The monoisotopic (exact) mass is 354 g/mol. The largest absolute Gasteiger partial charge is 0.487 e. The van der Waals surface area contributed by atoms with Crippen LogP contribution >= 0.6 is 11.6 Å². The van der Waals surface area contributed by atoms with Crippen LogP contribution < -0.4 is 10.3 Å². The number of likely N-dealkylation sites (tertiary alicyclic amines) is 1. The van der Waals surface area contributed by atoms with Gasteiger partial charge in [0.2, 0.25) is 0 Å². The maximum absolute atomic E-state index is 11.8. The zero-order valence-electron chi connectivity index (χ0n) is 13.7. The number of fused-ring (bicyclic) bond motifs is 1. The van der Waals surface area contributed by atoms with E-state index in [9.17, 15) is 4.79 Å². The van der Waals surface area contributed by atoms with Crippen LogP contribution in [0.4, 0.5) is 0 Å². The number of aromatic amines is 1. The summed E-state index contributed by atoms with van der Waals surface area (Å²) >= 11 is 6.33. The maximum Gasteiger partial charge on any atom is 0.255 e. The molecular weight excluding hydrogens is 336 g/mol. The fourth-order valence-electron chi connectivity index (χ4n) is 3.34. The van der Waals surface area contributed by atoms with Crippen molar-refractivity contribution >= 4 is 22.4 Å². The van der Waals surface area contributed by atoms with Crippen molar-refractivity contribution < 1.29 is 4.74 Å². The molecule has 3 aromatic rings. The van der Waals surface area contributed by atoms with Gasteiger partial charge >= 0.3 is 0 Å². The smallest absolute Gasteiger partial charge is 0.255 e. The molecule has 1 N–H and O–H groups in total. The number of H-pyrrole nitrogens is 1. The van der Waals surface area contributed by atoms with Gasteiger partial charge in [-0.3, -0.25) is 9.69 Å². The number of ether oxygens (including phenoxy) is 1. The molecule has 5 heteroatoms. The molecule has 1 aliphatic heterocycles. The van der Waals surface area contributed by atoms with Gasteiger partial charge < -0.3 is 9.72 Å². The van der Waals surface area contributed by atoms with Crippen LogP contribution in [-0.2, 0) is 6.54 Å². The number of benzene rings is 2. The van der Waals surface area contributed by atoms with Gasteiger partial charge in [0, 0.05) is 31.2 Å². The van der Waals surface area contributed by atoms with Gasteiger partial charge in [-0.15, -0.1) is 0 Å². The van der Waals surface area contributed by atoms with E-state index >= 15 is 0 Å². The van der Waals surface area contributed by atoms with E-state index in [0.29, 0.717) is 16.2 Å². The Kier molecular flexibility index (Phi) is 4.47. The van der Waals surface area contributed by atoms with Crippen LogP contribution in [0.25, 0.3) is 10.8 Å². The summed E-state index contributed by atoms with van der Waals surface area (Å²) in [4.78, 5) is 16.9. The second-order valence-corrected chi connectivity index (χ2v) is 6.83. The van der Waals surface area contributed by atoms with Gasteiger partial charge in [-0.1, -0.05) is 41.9 Å². The summed E-state index contributed by atoms with van der Waals surface area (Å²) in [7, 11) is 0. The molecule has 0 spiro atoms. The van der Waals surface area contributed by atoms with Crippen LogP contribution in [0.1, 0.15) is 12.0 Å². The van der Waals surface area contributed by atoms with Crippen molar-refractivity contribution in [2.75, 3.05) is 13.1 Å². The average molecular weight is 355 g/mol. The molecule has 1 saturated heterocycles. The second-order valence-electron chi connectivity index (χ2n) is 6.43. The molecule has 0 saturated carbocycles. The molecule has 1 fully saturated rings. The van der Waals surface area contributed by atoms with Gasteiger partial charge in [0.15, 0.2) is 0 Å². The quantitative estimate of drug-likeness (QED) is 0.774. The van der Waals surface area contributed by atoms with Crippen molar-refractivity contribution in [2.24, 2.45) is 0 Å². The molecule has 1 aliphatic rings. The second kappa shape index (κ2) is 6.90. The van der Waals surface area contributed by atoms with Crippen molar-refractivity contribution in [1.82, 2.24) is 9.88 Å². The number of hydrogen-bond acceptors (Lipinski definition) is 3. The summed E-state index contributed by atoms with van der Waals surface area (Å²) in [5.41, 5.74) is 1.17. The van der Waals surface area contributed by atoms with Crippen molar-refractivity contribution in [1.29, 1.82) is 0 Å². The van der Waals surface area contributed by atoms with E-state index in [4.69, 9.17) is 16.3 Å². The predicted molar refractivity (Wildman–Crippen MR) is 100 cm³/mol. The Bertz CT molecular complexity index is 939. The normalized spacial score (nSPS) is 17.9. The van der Waals surface area contributed by atoms with E-state index in [1.54, 1.807) is 12.3 Å². The van der Waals surface area contributed by atoms with Gasteiger partial charge in [0.25, 0.3) is 5.56 Å². The third kappa shape index (κ3) is 3.55. The lowest BCUT2D eigenvalue weighted by molar-refractivity contribution is 0.199. The number of hydrogen-bond donors (Lipinski definition) is 1. The minimum absolute atomic E-state index is 0.112. The summed E-state index contributed by atoms with van der Waals surface area (Å²) in [5.74, 6) is 0.645. The predicted octanol–water partition coefficient (Wildman–Crippen LogP) is 3.83. The number of nitrogens with one attached hydrogen (secondary N) is 1. The van der Waals surface area contributed by atoms with Crippen LogP contribution in [0.2, 0.25) is 5.02 Å². The van der Waals surface area contributed by atoms with Crippen LogP contribution in [0.5, 0.6) is 5.75 Å². The van der Waals surface area contributed by atoms with Gasteiger partial charge in [0.05, 0.1) is 5.02 Å². The fraction of sp³-hybridized carbons (Fsp3) is 0.250. The SMILES string of the molecule is O=c1[nH]ccc2cc(OC3CCN(Cc4ccccc4)C3)c(Cl)cc12. The fourth-order valence-corrected chi connectivity index (χ4v) is 3.55. The first-order chi connectivity index (χ1) is 12.2. The molecule has 4 rings (SSSR count). The molecule has 0 aliphatic carbocycles. The number of aromatic nitrogens is 1. The van der Waals surface area contributed by atoms with Crippen LogP contribution in [-0.4, -0.2) is 29.1 Å². The van der Waals surface area contributed by atoms with Crippen LogP contribution in [0, 0.1) is 0 Å². The molecule has 2 aromatic carbocycles. The molecule has 4 nitrogen and oxygen atoms in total. The molecule has 25 heavy (non-hydrogen) atoms. The first-order valence-corrected chi connectivity index (χ1v) is 8.81. The minimum Gasteiger partial charge on any atom is -0.487 e. The summed E-state index contributed by atoms with van der Waals surface area (Å²) in [6.45, 7) is 2.81. The summed E-state index contributed by atoms with van der Waals surface area (Å²) < 4.78 is 6.14. The third-order valence-corrected chi connectivity index (χ3v) is 4.89. The van der Waals surface area contributed by atoms with Crippen LogP contribution in [0.3, 0.4) is 0 Å². The highest BCUT2D eigenvalue weighted by Gasteiger charge is 2.24. The molecule has 2 heterocycles. The molecule has 1 aromatic heterocycles. The zero-order chi connectivity index (χ0) is 17.2. The number of halogens is 1. The molecular formula is C20H19ClN2O2. The standard InChI is InChI=1S/C20H19ClN2O2/c21-18-11-17-15(6-8-22-20(17)24)10-19(18)25-16-7-9-23(13-16)12-14-4-2-1-3-5-14/h1-6,8,10-11,16H,7,9,12-13H2,(H,22,24). The van der Waals surface area contributed by atoms with Crippen molar-refractivity contribution in [3.05, 3.63) is 75.7 Å². The van der Waals surface area contributed by atoms with Crippen molar-refractivity contribution in [3.8, 4) is 5.75 Å². The maximum atomic E-state index is 11.8. The Balaban J connectivity index is 1.47. The summed E-state index contributed by atoms with van der Waals surface area (Å²) in [5, 5.41) is 1.89. The Hall–Kier alpha value is -2.30.